The summed E-state index contributed by atoms with van der Waals surface area (Å²) in [6.45, 7) is 2.46. The van der Waals surface area contributed by atoms with Gasteiger partial charge >= 0.3 is 0 Å². The summed E-state index contributed by atoms with van der Waals surface area (Å²) in [5.74, 6) is 2.38. The summed E-state index contributed by atoms with van der Waals surface area (Å²) in [4.78, 5) is 12.0. The largest absolute Gasteiger partial charge is 0.497 e. The molecule has 0 saturated heterocycles. The third-order valence-corrected chi connectivity index (χ3v) is 3.87. The van der Waals surface area contributed by atoms with Gasteiger partial charge in [-0.1, -0.05) is 12.1 Å². The Hall–Kier alpha value is -2.69. The van der Waals surface area contributed by atoms with Gasteiger partial charge in [0.1, 0.15) is 17.2 Å². The molecule has 0 aromatic heterocycles. The molecular formula is C20H25NO4. The second kappa shape index (κ2) is 9.57. The third kappa shape index (κ3) is 6.03. The van der Waals surface area contributed by atoms with Gasteiger partial charge < -0.3 is 19.5 Å². The molecule has 2 rings (SSSR count). The van der Waals surface area contributed by atoms with Crippen LogP contribution in [-0.4, -0.2) is 26.7 Å². The number of methoxy groups -OCH3 is 2. The van der Waals surface area contributed by atoms with Crippen molar-refractivity contribution >= 4 is 5.91 Å². The van der Waals surface area contributed by atoms with Crippen LogP contribution in [0.1, 0.15) is 31.4 Å². The Kier molecular flexibility index (Phi) is 7.14. The summed E-state index contributed by atoms with van der Waals surface area (Å²) >= 11 is 0. The summed E-state index contributed by atoms with van der Waals surface area (Å²) in [5.41, 5.74) is 1.05. The highest BCUT2D eigenvalue weighted by Crippen LogP contribution is 2.18. The summed E-state index contributed by atoms with van der Waals surface area (Å²) in [5, 5.41) is 3.00. The van der Waals surface area contributed by atoms with Crippen LogP contribution in [0.25, 0.3) is 0 Å². The van der Waals surface area contributed by atoms with Crippen LogP contribution in [0, 0.1) is 0 Å². The van der Waals surface area contributed by atoms with Crippen molar-refractivity contribution in [3.05, 3.63) is 54.1 Å². The zero-order chi connectivity index (χ0) is 18.1. The topological polar surface area (TPSA) is 56.8 Å². The number of nitrogens with one attached hydrogen (secondary N) is 1. The Balaban J connectivity index is 1.68. The maximum atomic E-state index is 12.0. The molecule has 25 heavy (non-hydrogen) atoms. The Morgan fingerprint density at radius 3 is 2.00 bits per heavy atom. The first-order valence-electron chi connectivity index (χ1n) is 8.32. The van der Waals surface area contributed by atoms with E-state index in [0.29, 0.717) is 19.4 Å². The molecule has 1 amide bonds. The SMILES string of the molecule is COc1ccc(OCCCC(=O)NC(C)c2ccc(OC)cc2)cc1. The van der Waals surface area contributed by atoms with Crippen molar-refractivity contribution in [1.82, 2.24) is 5.32 Å². The van der Waals surface area contributed by atoms with Gasteiger partial charge in [0.25, 0.3) is 0 Å². The molecule has 0 bridgehead atoms. The van der Waals surface area contributed by atoms with Crippen molar-refractivity contribution in [3.8, 4) is 17.2 Å². The second-order valence-electron chi connectivity index (χ2n) is 5.69. The molecule has 0 spiro atoms. The lowest BCUT2D eigenvalue weighted by Gasteiger charge is -2.15. The van der Waals surface area contributed by atoms with Crippen LogP contribution in [0.2, 0.25) is 0 Å². The molecule has 0 aliphatic rings. The van der Waals surface area contributed by atoms with Crippen LogP contribution < -0.4 is 19.5 Å². The fraction of sp³-hybridized carbons (Fsp3) is 0.350. The highest BCUT2D eigenvalue weighted by atomic mass is 16.5. The van der Waals surface area contributed by atoms with Crippen LogP contribution in [0.15, 0.2) is 48.5 Å². The highest BCUT2D eigenvalue weighted by Gasteiger charge is 2.09. The van der Waals surface area contributed by atoms with Crippen molar-refractivity contribution in [2.45, 2.75) is 25.8 Å². The quantitative estimate of drug-likeness (QED) is 0.705. The lowest BCUT2D eigenvalue weighted by molar-refractivity contribution is -0.121. The number of carbonyl (C=O) groups is 1. The van der Waals surface area contributed by atoms with Crippen molar-refractivity contribution < 1.29 is 19.0 Å². The summed E-state index contributed by atoms with van der Waals surface area (Å²) < 4.78 is 15.9. The minimum atomic E-state index is -0.0408. The van der Waals surface area contributed by atoms with E-state index in [1.54, 1.807) is 14.2 Å². The smallest absolute Gasteiger partial charge is 0.220 e. The molecule has 0 aliphatic carbocycles. The normalized spacial score (nSPS) is 11.5. The van der Waals surface area contributed by atoms with Gasteiger partial charge in [-0.3, -0.25) is 4.79 Å². The number of carbonyl (C=O) groups excluding carboxylic acids is 1. The molecule has 0 radical (unpaired) electrons. The van der Waals surface area contributed by atoms with E-state index in [1.165, 1.54) is 0 Å². The third-order valence-electron chi connectivity index (χ3n) is 3.87. The van der Waals surface area contributed by atoms with Gasteiger partial charge in [-0.25, -0.2) is 0 Å². The van der Waals surface area contributed by atoms with Crippen molar-refractivity contribution in [2.24, 2.45) is 0 Å². The fourth-order valence-electron chi connectivity index (χ4n) is 2.38. The zero-order valence-electron chi connectivity index (χ0n) is 15.0. The van der Waals surface area contributed by atoms with E-state index in [-0.39, 0.29) is 11.9 Å². The minimum Gasteiger partial charge on any atom is -0.497 e. The standard InChI is InChI=1S/C20H25NO4/c1-15(16-6-8-17(23-2)9-7-16)21-20(22)5-4-14-25-19-12-10-18(24-3)11-13-19/h6-13,15H,4-5,14H2,1-3H3,(H,21,22). The number of benzene rings is 2. The molecule has 0 fully saturated rings. The fourth-order valence-corrected chi connectivity index (χ4v) is 2.38. The van der Waals surface area contributed by atoms with Gasteiger partial charge in [-0.05, 0) is 55.3 Å². The first-order valence-corrected chi connectivity index (χ1v) is 8.32. The maximum Gasteiger partial charge on any atom is 0.220 e. The van der Waals surface area contributed by atoms with Crippen LogP contribution in [0.5, 0.6) is 17.2 Å². The number of ether oxygens (including phenoxy) is 3. The van der Waals surface area contributed by atoms with Crippen molar-refractivity contribution in [3.63, 3.8) is 0 Å². The van der Waals surface area contributed by atoms with E-state index < -0.39 is 0 Å². The molecule has 5 nitrogen and oxygen atoms in total. The Bertz CT molecular complexity index is 652. The number of hydrogen-bond acceptors (Lipinski definition) is 4. The first-order chi connectivity index (χ1) is 12.1. The summed E-state index contributed by atoms with van der Waals surface area (Å²) in [7, 11) is 3.26. The van der Waals surface area contributed by atoms with Gasteiger partial charge in [0.2, 0.25) is 5.91 Å². The maximum absolute atomic E-state index is 12.0. The lowest BCUT2D eigenvalue weighted by Crippen LogP contribution is -2.26. The molecule has 1 atom stereocenters. The number of rotatable bonds is 9. The van der Waals surface area contributed by atoms with E-state index >= 15 is 0 Å². The molecule has 0 aliphatic heterocycles. The molecule has 5 heteroatoms. The average molecular weight is 343 g/mol. The average Bonchev–Trinajstić information content (AvgIpc) is 2.65. The second-order valence-corrected chi connectivity index (χ2v) is 5.69. The van der Waals surface area contributed by atoms with Crippen LogP contribution in [0.3, 0.4) is 0 Å². The summed E-state index contributed by atoms with van der Waals surface area (Å²) in [6.07, 6.45) is 1.09. The monoisotopic (exact) mass is 343 g/mol. The van der Waals surface area contributed by atoms with Crippen LogP contribution in [0.4, 0.5) is 0 Å². The van der Waals surface area contributed by atoms with Gasteiger partial charge in [-0.2, -0.15) is 0 Å². The van der Waals surface area contributed by atoms with Crippen LogP contribution >= 0.6 is 0 Å². The van der Waals surface area contributed by atoms with Crippen molar-refractivity contribution in [1.29, 1.82) is 0 Å². The van der Waals surface area contributed by atoms with Gasteiger partial charge in [0, 0.05) is 6.42 Å². The highest BCUT2D eigenvalue weighted by molar-refractivity contribution is 5.76. The molecular weight excluding hydrogens is 318 g/mol. The first kappa shape index (κ1) is 18.6. The summed E-state index contributed by atoms with van der Waals surface area (Å²) in [6, 6.07) is 15.0. The van der Waals surface area contributed by atoms with Gasteiger partial charge in [0.05, 0.1) is 26.9 Å². The number of hydrogen-bond donors (Lipinski definition) is 1. The zero-order valence-corrected chi connectivity index (χ0v) is 15.0. The predicted octanol–water partition coefficient (Wildman–Crippen LogP) is 3.74. The Morgan fingerprint density at radius 2 is 1.44 bits per heavy atom. The molecule has 0 heterocycles. The molecule has 0 saturated carbocycles. The van der Waals surface area contributed by atoms with Crippen LogP contribution in [-0.2, 0) is 4.79 Å². The van der Waals surface area contributed by atoms with E-state index in [0.717, 1.165) is 22.8 Å². The molecule has 134 valence electrons. The Morgan fingerprint density at radius 1 is 0.920 bits per heavy atom. The molecule has 2 aromatic rings. The van der Waals surface area contributed by atoms with E-state index in [1.807, 2.05) is 55.5 Å². The number of amides is 1. The molecule has 1 N–H and O–H groups in total. The molecule has 1 unspecified atom stereocenters. The van der Waals surface area contributed by atoms with Gasteiger partial charge in [0.15, 0.2) is 0 Å². The van der Waals surface area contributed by atoms with Gasteiger partial charge in [-0.15, -0.1) is 0 Å². The minimum absolute atomic E-state index is 0.0154. The lowest BCUT2D eigenvalue weighted by atomic mass is 10.1. The Labute approximate surface area is 148 Å². The van der Waals surface area contributed by atoms with Crippen molar-refractivity contribution in [2.75, 3.05) is 20.8 Å². The van der Waals surface area contributed by atoms with E-state index in [9.17, 15) is 4.79 Å². The molecule has 2 aromatic carbocycles. The van der Waals surface area contributed by atoms with E-state index in [2.05, 4.69) is 5.32 Å². The van der Waals surface area contributed by atoms with E-state index in [4.69, 9.17) is 14.2 Å². The predicted molar refractivity (Wildman–Crippen MR) is 97.3 cm³/mol.